The lowest BCUT2D eigenvalue weighted by molar-refractivity contribution is -0.116. The average molecular weight is 314 g/mol. The number of methoxy groups -OCH3 is 1. The number of nitrogens with zero attached hydrogens (tertiary/aromatic N) is 1. The minimum atomic E-state index is -0.156. The first kappa shape index (κ1) is 16.8. The van der Waals surface area contributed by atoms with Gasteiger partial charge in [-0.05, 0) is 50.0 Å². The Labute approximate surface area is 136 Å². The van der Waals surface area contributed by atoms with Crippen LogP contribution >= 0.6 is 0 Å². The van der Waals surface area contributed by atoms with Crippen LogP contribution in [0.5, 0.6) is 5.75 Å². The van der Waals surface area contributed by atoms with Gasteiger partial charge in [0.2, 0.25) is 5.91 Å². The molecular weight excluding hydrogens is 292 g/mol. The van der Waals surface area contributed by atoms with Crippen LogP contribution < -0.4 is 10.1 Å². The molecule has 1 aromatic heterocycles. The van der Waals surface area contributed by atoms with E-state index < -0.39 is 0 Å². The fourth-order valence-electron chi connectivity index (χ4n) is 2.25. The second-order valence-corrected chi connectivity index (χ2v) is 5.35. The van der Waals surface area contributed by atoms with Gasteiger partial charge in [-0.2, -0.15) is 0 Å². The van der Waals surface area contributed by atoms with E-state index >= 15 is 0 Å². The highest BCUT2D eigenvalue weighted by Crippen LogP contribution is 2.22. The minimum Gasteiger partial charge on any atom is -0.497 e. The van der Waals surface area contributed by atoms with Crippen LogP contribution in [0.2, 0.25) is 0 Å². The van der Waals surface area contributed by atoms with Crippen LogP contribution in [0.4, 0.5) is 0 Å². The highest BCUT2D eigenvalue weighted by atomic mass is 16.5. The van der Waals surface area contributed by atoms with Crippen LogP contribution in [0.25, 0.3) is 6.08 Å². The summed E-state index contributed by atoms with van der Waals surface area (Å²) in [6.45, 7) is 0.501. The van der Waals surface area contributed by atoms with E-state index in [0.29, 0.717) is 12.3 Å². The van der Waals surface area contributed by atoms with E-state index in [4.69, 9.17) is 9.15 Å². The van der Waals surface area contributed by atoms with Crippen LogP contribution in [-0.2, 0) is 4.79 Å². The number of amides is 1. The molecule has 0 aliphatic carbocycles. The number of benzene rings is 1. The predicted molar refractivity (Wildman–Crippen MR) is 90.2 cm³/mol. The van der Waals surface area contributed by atoms with E-state index in [1.165, 1.54) is 6.08 Å². The first-order valence-electron chi connectivity index (χ1n) is 7.40. The van der Waals surface area contributed by atoms with E-state index in [2.05, 4.69) is 10.2 Å². The number of nitrogens with one attached hydrogen (secondary N) is 1. The number of rotatable bonds is 7. The van der Waals surface area contributed by atoms with Gasteiger partial charge in [0.1, 0.15) is 11.5 Å². The third-order valence-electron chi connectivity index (χ3n) is 3.51. The molecule has 2 aromatic rings. The van der Waals surface area contributed by atoms with Gasteiger partial charge in [-0.25, -0.2) is 0 Å². The number of hydrogen-bond acceptors (Lipinski definition) is 4. The summed E-state index contributed by atoms with van der Waals surface area (Å²) >= 11 is 0. The molecule has 2 rings (SSSR count). The summed E-state index contributed by atoms with van der Waals surface area (Å²) < 4.78 is 10.4. The SMILES string of the molecule is COc1cccc([C@H](CNC(=O)/C=C\c2ccco2)N(C)C)c1. The molecule has 0 spiro atoms. The molecular formula is C18H22N2O3. The fraction of sp³-hybridized carbons (Fsp3) is 0.278. The normalized spacial score (nSPS) is 12.5. The van der Waals surface area contributed by atoms with Gasteiger partial charge in [-0.15, -0.1) is 0 Å². The third kappa shape index (κ3) is 5.00. The molecule has 23 heavy (non-hydrogen) atoms. The van der Waals surface area contributed by atoms with Gasteiger partial charge in [-0.3, -0.25) is 4.79 Å². The van der Waals surface area contributed by atoms with Crippen molar-refractivity contribution in [3.8, 4) is 5.75 Å². The topological polar surface area (TPSA) is 54.7 Å². The molecule has 0 radical (unpaired) electrons. The second-order valence-electron chi connectivity index (χ2n) is 5.35. The molecule has 0 saturated heterocycles. The van der Waals surface area contributed by atoms with Gasteiger partial charge in [-0.1, -0.05) is 12.1 Å². The van der Waals surface area contributed by atoms with Crippen molar-refractivity contribution >= 4 is 12.0 Å². The molecule has 1 N–H and O–H groups in total. The van der Waals surface area contributed by atoms with Gasteiger partial charge >= 0.3 is 0 Å². The zero-order valence-electron chi connectivity index (χ0n) is 13.7. The molecule has 122 valence electrons. The zero-order valence-corrected chi connectivity index (χ0v) is 13.7. The molecule has 0 aliphatic heterocycles. The predicted octanol–water partition coefficient (Wildman–Crippen LogP) is 2.72. The molecule has 1 atom stereocenters. The number of furan rings is 1. The molecule has 1 heterocycles. The zero-order chi connectivity index (χ0) is 16.7. The third-order valence-corrected chi connectivity index (χ3v) is 3.51. The quantitative estimate of drug-likeness (QED) is 0.798. The Bertz CT molecular complexity index is 648. The lowest BCUT2D eigenvalue weighted by Gasteiger charge is -2.25. The van der Waals surface area contributed by atoms with Crippen molar-refractivity contribution < 1.29 is 13.9 Å². The summed E-state index contributed by atoms with van der Waals surface area (Å²) in [7, 11) is 5.61. The number of ether oxygens (including phenoxy) is 1. The number of hydrogen-bond donors (Lipinski definition) is 1. The largest absolute Gasteiger partial charge is 0.497 e. The van der Waals surface area contributed by atoms with E-state index in [1.54, 1.807) is 31.6 Å². The fourth-order valence-corrected chi connectivity index (χ4v) is 2.25. The van der Waals surface area contributed by atoms with E-state index in [1.807, 2.05) is 38.4 Å². The molecule has 0 bridgehead atoms. The molecule has 0 saturated carbocycles. The molecule has 1 amide bonds. The molecule has 0 fully saturated rings. The molecule has 5 heteroatoms. The lowest BCUT2D eigenvalue weighted by atomic mass is 10.1. The number of carbonyl (C=O) groups is 1. The van der Waals surface area contributed by atoms with Crippen molar-refractivity contribution in [3.63, 3.8) is 0 Å². The summed E-state index contributed by atoms with van der Waals surface area (Å²) in [4.78, 5) is 14.0. The van der Waals surface area contributed by atoms with Gasteiger partial charge in [0.05, 0.1) is 19.4 Å². The second kappa shape index (κ2) is 8.19. The highest BCUT2D eigenvalue weighted by Gasteiger charge is 2.15. The van der Waals surface area contributed by atoms with Crippen molar-refractivity contribution in [2.24, 2.45) is 0 Å². The Morgan fingerprint density at radius 1 is 1.35 bits per heavy atom. The maximum absolute atomic E-state index is 11.9. The smallest absolute Gasteiger partial charge is 0.244 e. The summed E-state index contributed by atoms with van der Waals surface area (Å²) in [5, 5.41) is 2.91. The van der Waals surface area contributed by atoms with Gasteiger partial charge < -0.3 is 19.4 Å². The van der Waals surface area contributed by atoms with Crippen molar-refractivity contribution in [1.29, 1.82) is 0 Å². The number of likely N-dealkylation sites (N-methyl/N-ethyl adjacent to an activating group) is 1. The Kier molecular flexibility index (Phi) is 6.00. The van der Waals surface area contributed by atoms with Gasteiger partial charge in [0.25, 0.3) is 0 Å². The first-order valence-corrected chi connectivity index (χ1v) is 7.40. The maximum Gasteiger partial charge on any atom is 0.244 e. The van der Waals surface area contributed by atoms with Crippen LogP contribution in [0.3, 0.4) is 0 Å². The van der Waals surface area contributed by atoms with Crippen LogP contribution in [-0.4, -0.2) is 38.6 Å². The Morgan fingerprint density at radius 3 is 2.83 bits per heavy atom. The average Bonchev–Trinajstić information content (AvgIpc) is 3.06. The standard InChI is InChI=1S/C18H22N2O3/c1-20(2)17(14-6-4-7-16(12-14)22-3)13-19-18(21)10-9-15-8-5-11-23-15/h4-12,17H,13H2,1-3H3,(H,19,21)/b10-9-/t17-/m0/s1. The van der Waals surface area contributed by atoms with Crippen LogP contribution in [0, 0.1) is 0 Å². The van der Waals surface area contributed by atoms with Crippen LogP contribution in [0.1, 0.15) is 17.4 Å². The molecule has 1 aromatic carbocycles. The molecule has 0 aliphatic rings. The summed E-state index contributed by atoms with van der Waals surface area (Å²) in [5.74, 6) is 1.30. The Balaban J connectivity index is 1.98. The van der Waals surface area contributed by atoms with Crippen LogP contribution in [0.15, 0.2) is 53.2 Å². The Morgan fingerprint density at radius 2 is 2.17 bits per heavy atom. The highest BCUT2D eigenvalue weighted by molar-refractivity contribution is 5.91. The Hall–Kier alpha value is -2.53. The van der Waals surface area contributed by atoms with E-state index in [-0.39, 0.29) is 11.9 Å². The summed E-state index contributed by atoms with van der Waals surface area (Å²) in [6.07, 6.45) is 4.69. The maximum atomic E-state index is 11.9. The minimum absolute atomic E-state index is 0.0612. The summed E-state index contributed by atoms with van der Waals surface area (Å²) in [6, 6.07) is 11.5. The molecule has 5 nitrogen and oxygen atoms in total. The van der Waals surface area contributed by atoms with E-state index in [0.717, 1.165) is 11.3 Å². The van der Waals surface area contributed by atoms with E-state index in [9.17, 15) is 4.79 Å². The van der Waals surface area contributed by atoms with Crippen molar-refractivity contribution in [2.75, 3.05) is 27.7 Å². The number of carbonyl (C=O) groups excluding carboxylic acids is 1. The first-order chi connectivity index (χ1) is 11.1. The molecule has 0 unspecified atom stereocenters. The van der Waals surface area contributed by atoms with Crippen molar-refractivity contribution in [1.82, 2.24) is 10.2 Å². The van der Waals surface area contributed by atoms with Gasteiger partial charge in [0, 0.05) is 12.6 Å². The van der Waals surface area contributed by atoms with Crippen molar-refractivity contribution in [2.45, 2.75) is 6.04 Å². The van der Waals surface area contributed by atoms with Gasteiger partial charge in [0.15, 0.2) is 0 Å². The lowest BCUT2D eigenvalue weighted by Crippen LogP contribution is -2.33. The summed E-state index contributed by atoms with van der Waals surface area (Å²) in [5.41, 5.74) is 1.09. The monoisotopic (exact) mass is 314 g/mol. The van der Waals surface area contributed by atoms with Crippen molar-refractivity contribution in [3.05, 3.63) is 60.1 Å².